The number of benzene rings is 1. The second kappa shape index (κ2) is 5.57. The summed E-state index contributed by atoms with van der Waals surface area (Å²) in [5, 5.41) is 7.92. The van der Waals surface area contributed by atoms with Crippen LogP contribution in [0, 0.1) is 0 Å². The quantitative estimate of drug-likeness (QED) is 0.926. The highest BCUT2D eigenvalue weighted by Gasteiger charge is 2.20. The zero-order valence-electron chi connectivity index (χ0n) is 12.1. The molecular formula is C16H21N3O. The average molecular weight is 271 g/mol. The molecule has 1 aliphatic rings. The number of hydrogen-bond acceptors (Lipinski definition) is 3. The number of anilines is 1. The summed E-state index contributed by atoms with van der Waals surface area (Å²) >= 11 is 0. The zero-order valence-corrected chi connectivity index (χ0v) is 12.1. The van der Waals surface area contributed by atoms with E-state index in [9.17, 15) is 0 Å². The van der Waals surface area contributed by atoms with Gasteiger partial charge in [-0.1, -0.05) is 6.07 Å². The number of nitrogens with one attached hydrogen (secondary N) is 1. The van der Waals surface area contributed by atoms with Crippen LogP contribution in [0.2, 0.25) is 0 Å². The monoisotopic (exact) mass is 271 g/mol. The molecule has 1 unspecified atom stereocenters. The molecule has 106 valence electrons. The Kier molecular flexibility index (Phi) is 3.63. The molecular weight excluding hydrogens is 250 g/mol. The van der Waals surface area contributed by atoms with Crippen LogP contribution in [0.15, 0.2) is 30.6 Å². The van der Waals surface area contributed by atoms with Gasteiger partial charge in [0.15, 0.2) is 0 Å². The molecule has 0 saturated heterocycles. The van der Waals surface area contributed by atoms with E-state index in [1.807, 2.05) is 16.9 Å². The van der Waals surface area contributed by atoms with E-state index in [1.54, 1.807) is 7.11 Å². The molecule has 1 N–H and O–H groups in total. The van der Waals surface area contributed by atoms with Crippen LogP contribution < -0.4 is 10.1 Å². The van der Waals surface area contributed by atoms with Crippen molar-refractivity contribution >= 4 is 5.69 Å². The lowest BCUT2D eigenvalue weighted by atomic mass is 9.87. The Labute approximate surface area is 119 Å². The molecule has 4 nitrogen and oxygen atoms in total. The van der Waals surface area contributed by atoms with Crippen LogP contribution in [-0.4, -0.2) is 16.9 Å². The van der Waals surface area contributed by atoms with Crippen LogP contribution in [0.5, 0.6) is 5.75 Å². The van der Waals surface area contributed by atoms with Gasteiger partial charge in [-0.25, -0.2) is 0 Å². The van der Waals surface area contributed by atoms with Crippen molar-refractivity contribution in [3.63, 3.8) is 0 Å². The number of fused-ring (bicyclic) bond motifs is 1. The van der Waals surface area contributed by atoms with Gasteiger partial charge >= 0.3 is 0 Å². The number of rotatable bonds is 4. The predicted molar refractivity (Wildman–Crippen MR) is 80.2 cm³/mol. The smallest absolute Gasteiger partial charge is 0.119 e. The molecule has 3 rings (SSSR count). The lowest BCUT2D eigenvalue weighted by Gasteiger charge is -2.27. The van der Waals surface area contributed by atoms with Gasteiger partial charge in [-0.3, -0.25) is 4.68 Å². The van der Waals surface area contributed by atoms with Gasteiger partial charge in [0.05, 0.1) is 25.0 Å². The summed E-state index contributed by atoms with van der Waals surface area (Å²) in [5.41, 5.74) is 3.89. The SMILES string of the molecule is CCn1cc(NC2CCCc3cc(OC)ccc32)cn1. The molecule has 1 atom stereocenters. The first-order valence-corrected chi connectivity index (χ1v) is 7.26. The minimum absolute atomic E-state index is 0.374. The summed E-state index contributed by atoms with van der Waals surface area (Å²) in [6.07, 6.45) is 7.48. The van der Waals surface area contributed by atoms with E-state index in [0.29, 0.717) is 6.04 Å². The molecule has 20 heavy (non-hydrogen) atoms. The summed E-state index contributed by atoms with van der Waals surface area (Å²) < 4.78 is 7.26. The third kappa shape index (κ3) is 2.50. The van der Waals surface area contributed by atoms with Crippen molar-refractivity contribution in [1.29, 1.82) is 0 Å². The molecule has 1 heterocycles. The third-order valence-electron chi connectivity index (χ3n) is 3.96. The predicted octanol–water partition coefficient (Wildman–Crippen LogP) is 3.40. The Morgan fingerprint density at radius 2 is 2.35 bits per heavy atom. The fourth-order valence-corrected chi connectivity index (χ4v) is 2.88. The van der Waals surface area contributed by atoms with Gasteiger partial charge in [-0.05, 0) is 49.4 Å². The Morgan fingerprint density at radius 1 is 1.45 bits per heavy atom. The highest BCUT2D eigenvalue weighted by atomic mass is 16.5. The number of aryl methyl sites for hydroxylation is 2. The Morgan fingerprint density at radius 3 is 3.10 bits per heavy atom. The number of nitrogens with zero attached hydrogens (tertiary/aromatic N) is 2. The second-order valence-electron chi connectivity index (χ2n) is 5.24. The van der Waals surface area contributed by atoms with Gasteiger partial charge in [0.2, 0.25) is 0 Å². The molecule has 0 fully saturated rings. The van der Waals surface area contributed by atoms with Crippen LogP contribution in [0.3, 0.4) is 0 Å². The minimum atomic E-state index is 0.374. The molecule has 2 aromatic rings. The molecule has 0 bridgehead atoms. The maximum atomic E-state index is 5.32. The summed E-state index contributed by atoms with van der Waals surface area (Å²) in [5.74, 6) is 0.947. The maximum absolute atomic E-state index is 5.32. The van der Waals surface area contributed by atoms with Crippen molar-refractivity contribution in [2.24, 2.45) is 0 Å². The molecule has 0 aliphatic heterocycles. The van der Waals surface area contributed by atoms with Crippen molar-refractivity contribution < 1.29 is 4.74 Å². The van der Waals surface area contributed by atoms with Gasteiger partial charge in [0, 0.05) is 12.7 Å². The summed E-state index contributed by atoms with van der Waals surface area (Å²) in [7, 11) is 1.72. The van der Waals surface area contributed by atoms with Gasteiger partial charge in [-0.15, -0.1) is 0 Å². The van der Waals surface area contributed by atoms with E-state index in [-0.39, 0.29) is 0 Å². The van der Waals surface area contributed by atoms with Crippen molar-refractivity contribution in [2.45, 2.75) is 38.8 Å². The van der Waals surface area contributed by atoms with Crippen molar-refractivity contribution in [3.8, 4) is 5.75 Å². The molecule has 0 radical (unpaired) electrons. The molecule has 1 aromatic carbocycles. The molecule has 4 heteroatoms. The average Bonchev–Trinajstić information content (AvgIpc) is 2.94. The van der Waals surface area contributed by atoms with E-state index >= 15 is 0 Å². The van der Waals surface area contributed by atoms with Crippen LogP contribution >= 0.6 is 0 Å². The first-order valence-electron chi connectivity index (χ1n) is 7.26. The van der Waals surface area contributed by atoms with E-state index in [2.05, 4.69) is 35.7 Å². The fraction of sp³-hybridized carbons (Fsp3) is 0.438. The molecule has 1 aromatic heterocycles. The first-order chi connectivity index (χ1) is 9.80. The number of ether oxygens (including phenoxy) is 1. The molecule has 0 saturated carbocycles. The lowest BCUT2D eigenvalue weighted by Crippen LogP contribution is -2.17. The summed E-state index contributed by atoms with van der Waals surface area (Å²) in [6.45, 7) is 3.00. The van der Waals surface area contributed by atoms with Gasteiger partial charge < -0.3 is 10.1 Å². The molecule has 0 amide bonds. The third-order valence-corrected chi connectivity index (χ3v) is 3.96. The largest absolute Gasteiger partial charge is 0.497 e. The highest BCUT2D eigenvalue weighted by Crippen LogP contribution is 2.34. The van der Waals surface area contributed by atoms with Crippen LogP contribution in [0.25, 0.3) is 0 Å². The zero-order chi connectivity index (χ0) is 13.9. The van der Waals surface area contributed by atoms with Crippen LogP contribution in [0.1, 0.15) is 36.9 Å². The maximum Gasteiger partial charge on any atom is 0.119 e. The number of aromatic nitrogens is 2. The highest BCUT2D eigenvalue weighted by molar-refractivity contribution is 5.46. The molecule has 1 aliphatic carbocycles. The van der Waals surface area contributed by atoms with E-state index in [1.165, 1.54) is 17.5 Å². The fourth-order valence-electron chi connectivity index (χ4n) is 2.88. The van der Waals surface area contributed by atoms with Crippen LogP contribution in [0.4, 0.5) is 5.69 Å². The lowest BCUT2D eigenvalue weighted by molar-refractivity contribution is 0.413. The standard InChI is InChI=1S/C16H21N3O/c1-3-19-11-13(10-17-19)18-16-6-4-5-12-9-14(20-2)7-8-15(12)16/h7-11,16,18H,3-6H2,1-2H3. The van der Waals surface area contributed by atoms with Gasteiger partial charge in [-0.2, -0.15) is 5.10 Å². The van der Waals surface area contributed by atoms with Gasteiger partial charge in [0.25, 0.3) is 0 Å². The number of hydrogen-bond donors (Lipinski definition) is 1. The topological polar surface area (TPSA) is 39.1 Å². The van der Waals surface area contributed by atoms with E-state index in [4.69, 9.17) is 4.74 Å². The van der Waals surface area contributed by atoms with Crippen molar-refractivity contribution in [3.05, 3.63) is 41.7 Å². The van der Waals surface area contributed by atoms with E-state index < -0.39 is 0 Å². The van der Waals surface area contributed by atoms with Crippen molar-refractivity contribution in [1.82, 2.24) is 9.78 Å². The first kappa shape index (κ1) is 13.0. The van der Waals surface area contributed by atoms with Gasteiger partial charge in [0.1, 0.15) is 5.75 Å². The number of methoxy groups -OCH3 is 1. The van der Waals surface area contributed by atoms with E-state index in [0.717, 1.165) is 30.8 Å². The van der Waals surface area contributed by atoms with Crippen LogP contribution in [-0.2, 0) is 13.0 Å². The second-order valence-corrected chi connectivity index (χ2v) is 5.24. The van der Waals surface area contributed by atoms with Crippen molar-refractivity contribution in [2.75, 3.05) is 12.4 Å². The summed E-state index contributed by atoms with van der Waals surface area (Å²) in [4.78, 5) is 0. The summed E-state index contributed by atoms with van der Waals surface area (Å²) in [6, 6.07) is 6.78. The minimum Gasteiger partial charge on any atom is -0.497 e. The molecule has 0 spiro atoms. The Bertz CT molecular complexity index is 591. The normalized spacial score (nSPS) is 17.6. The Hall–Kier alpha value is -1.97. The Balaban J connectivity index is 1.82.